The summed E-state index contributed by atoms with van der Waals surface area (Å²) < 4.78 is 28.2. The van der Waals surface area contributed by atoms with Crippen LogP contribution in [0.5, 0.6) is 0 Å². The number of fused-ring (bicyclic) bond motifs is 4. The maximum absolute atomic E-state index is 14.9. The van der Waals surface area contributed by atoms with Crippen LogP contribution in [0.1, 0.15) is 71.5 Å². The standard InChI is InChI=1S/C30H36O10/c1-15(31)39-25-27(3)14-29(35)28(4,19(27)12-20(32)36-5)17-7-9-26(2)18(22(17)23(34)30(25,29)37-6)11-21(33)40-24(26)16-8-10-38-13-16/h8,10,13,17,19,24-25,35H,7,9,11-12,14H2,1-6H3/t17-,19-,24-,25-,26+,27+,28+,29+,30+/m0/s1. The lowest BCUT2D eigenvalue weighted by Crippen LogP contribution is -2.79. The molecule has 0 unspecified atom stereocenters. The molecular formula is C30H36O10. The monoisotopic (exact) mass is 556 g/mol. The molecule has 3 saturated carbocycles. The lowest BCUT2D eigenvalue weighted by Gasteiger charge is -2.66. The number of ketones is 1. The van der Waals surface area contributed by atoms with Crippen LogP contribution in [0.15, 0.2) is 34.2 Å². The Bertz CT molecular complexity index is 1350. The van der Waals surface area contributed by atoms with Gasteiger partial charge in [-0.25, -0.2) is 0 Å². The van der Waals surface area contributed by atoms with E-state index in [4.69, 9.17) is 23.4 Å². The highest BCUT2D eigenvalue weighted by molar-refractivity contribution is 6.08. The van der Waals surface area contributed by atoms with Gasteiger partial charge in [0.15, 0.2) is 11.4 Å². The number of cyclic esters (lactones) is 1. The summed E-state index contributed by atoms with van der Waals surface area (Å²) in [5.41, 5.74) is -4.62. The number of ether oxygens (including phenoxy) is 4. The SMILES string of the molecule is COC(=O)C[C@H]1[C@@]2(C)C[C@@]3(O)[C@]1(C)[C@H]1CC[C@]4(C)C(=C1C(=O)[C@@]3(OC)[C@H]2OC(C)=O)CC(=O)O[C@H]4c1ccoc1. The van der Waals surface area contributed by atoms with E-state index in [0.717, 1.165) is 0 Å². The Hall–Kier alpha value is -2.98. The Morgan fingerprint density at radius 2 is 1.90 bits per heavy atom. The fourth-order valence-electron chi connectivity index (χ4n) is 9.86. The predicted molar refractivity (Wildman–Crippen MR) is 136 cm³/mol. The Morgan fingerprint density at radius 3 is 2.50 bits per heavy atom. The van der Waals surface area contributed by atoms with Crippen molar-refractivity contribution >= 4 is 23.7 Å². The first-order valence-corrected chi connectivity index (χ1v) is 13.8. The van der Waals surface area contributed by atoms with Gasteiger partial charge in [-0.15, -0.1) is 0 Å². The van der Waals surface area contributed by atoms with E-state index >= 15 is 0 Å². The van der Waals surface area contributed by atoms with Crippen LogP contribution >= 0.6 is 0 Å². The Morgan fingerprint density at radius 1 is 1.18 bits per heavy atom. The molecule has 1 N–H and O–H groups in total. The summed E-state index contributed by atoms with van der Waals surface area (Å²) in [6.45, 7) is 7.01. The molecule has 10 heteroatoms. The topological polar surface area (TPSA) is 139 Å². The quantitative estimate of drug-likeness (QED) is 0.425. The van der Waals surface area contributed by atoms with Crippen molar-refractivity contribution in [2.75, 3.05) is 14.2 Å². The van der Waals surface area contributed by atoms with Crippen molar-refractivity contribution in [1.82, 2.24) is 0 Å². The fourth-order valence-corrected chi connectivity index (χ4v) is 9.86. The second-order valence-corrected chi connectivity index (χ2v) is 12.9. The number of rotatable bonds is 5. The van der Waals surface area contributed by atoms with E-state index in [9.17, 15) is 24.3 Å². The third-order valence-corrected chi connectivity index (χ3v) is 11.5. The van der Waals surface area contributed by atoms with Gasteiger partial charge >= 0.3 is 17.9 Å². The second kappa shape index (κ2) is 8.28. The highest BCUT2D eigenvalue weighted by Gasteiger charge is 2.90. The maximum Gasteiger partial charge on any atom is 0.310 e. The van der Waals surface area contributed by atoms with E-state index in [-0.39, 0.29) is 19.3 Å². The lowest BCUT2D eigenvalue weighted by atomic mass is 9.41. The first kappa shape index (κ1) is 27.2. The van der Waals surface area contributed by atoms with E-state index in [1.165, 1.54) is 27.4 Å². The van der Waals surface area contributed by atoms with Gasteiger partial charge in [0.2, 0.25) is 0 Å². The summed E-state index contributed by atoms with van der Waals surface area (Å²) in [7, 11) is 2.66. The zero-order chi connectivity index (χ0) is 29.0. The van der Waals surface area contributed by atoms with E-state index in [2.05, 4.69) is 0 Å². The molecule has 1 aliphatic heterocycles. The van der Waals surface area contributed by atoms with Crippen LogP contribution in [0.25, 0.3) is 0 Å². The Labute approximate surface area is 232 Å². The normalized spacial score (nSPS) is 45.1. The van der Waals surface area contributed by atoms with E-state index < -0.39 is 75.2 Å². The zero-order valence-corrected chi connectivity index (χ0v) is 23.7. The van der Waals surface area contributed by atoms with Crippen LogP contribution in [-0.2, 0) is 38.1 Å². The number of esters is 3. The molecule has 9 atom stereocenters. The Kier molecular flexibility index (Phi) is 5.63. The molecule has 0 spiro atoms. The predicted octanol–water partition coefficient (Wildman–Crippen LogP) is 3.22. The number of Topliss-reactive ketones (excluding diaryl/α,β-unsaturated/α-hetero) is 1. The van der Waals surface area contributed by atoms with E-state index in [1.807, 2.05) is 20.8 Å². The highest BCUT2D eigenvalue weighted by atomic mass is 16.6. The molecule has 0 aromatic carbocycles. The van der Waals surface area contributed by atoms with Crippen molar-refractivity contribution in [3.63, 3.8) is 0 Å². The molecule has 5 aliphatic rings. The highest BCUT2D eigenvalue weighted by Crippen LogP contribution is 2.80. The fraction of sp³-hybridized carbons (Fsp3) is 0.667. The molecule has 2 bridgehead atoms. The average molecular weight is 557 g/mol. The number of hydrogen-bond donors (Lipinski definition) is 1. The third kappa shape index (κ3) is 2.86. The largest absolute Gasteiger partial charge is 0.472 e. The van der Waals surface area contributed by atoms with Crippen molar-refractivity contribution in [2.45, 2.75) is 83.2 Å². The van der Waals surface area contributed by atoms with E-state index in [0.29, 0.717) is 29.6 Å². The second-order valence-electron chi connectivity index (χ2n) is 12.9. The van der Waals surface area contributed by atoms with Gasteiger partial charge in [-0.1, -0.05) is 20.8 Å². The smallest absolute Gasteiger partial charge is 0.310 e. The summed E-state index contributed by atoms with van der Waals surface area (Å²) in [5, 5.41) is 12.7. The molecule has 2 heterocycles. The van der Waals surface area contributed by atoms with Crippen LogP contribution in [0.3, 0.4) is 0 Å². The van der Waals surface area contributed by atoms with Crippen molar-refractivity contribution in [3.8, 4) is 0 Å². The van der Waals surface area contributed by atoms with E-state index in [1.54, 1.807) is 12.3 Å². The molecule has 6 rings (SSSR count). The van der Waals surface area contributed by atoms with Crippen molar-refractivity contribution in [1.29, 1.82) is 0 Å². The number of carbonyl (C=O) groups excluding carboxylic acids is 4. The molecule has 10 nitrogen and oxygen atoms in total. The average Bonchev–Trinajstić information content (AvgIpc) is 3.54. The number of hydrogen-bond acceptors (Lipinski definition) is 10. The van der Waals surface area contributed by atoms with Crippen molar-refractivity contribution in [3.05, 3.63) is 35.3 Å². The lowest BCUT2D eigenvalue weighted by molar-refractivity contribution is -0.279. The minimum absolute atomic E-state index is 0.0341. The minimum atomic E-state index is -1.92. The van der Waals surface area contributed by atoms with Gasteiger partial charge < -0.3 is 28.5 Å². The molecule has 216 valence electrons. The van der Waals surface area contributed by atoms with Gasteiger partial charge in [0.25, 0.3) is 0 Å². The van der Waals surface area contributed by atoms with Gasteiger partial charge in [-0.2, -0.15) is 0 Å². The molecule has 1 aromatic rings. The molecule has 40 heavy (non-hydrogen) atoms. The molecule has 0 amide bonds. The van der Waals surface area contributed by atoms with Crippen LogP contribution in [0.2, 0.25) is 0 Å². The van der Waals surface area contributed by atoms with Crippen molar-refractivity contribution in [2.24, 2.45) is 28.1 Å². The Balaban J connectivity index is 1.63. The molecule has 1 aromatic heterocycles. The number of aliphatic hydroxyl groups is 1. The number of carbonyl (C=O) groups is 4. The van der Waals surface area contributed by atoms with Gasteiger partial charge in [-0.3, -0.25) is 19.2 Å². The zero-order valence-electron chi connectivity index (χ0n) is 23.7. The van der Waals surface area contributed by atoms with Gasteiger partial charge in [0, 0.05) is 47.8 Å². The van der Waals surface area contributed by atoms with Crippen LogP contribution in [0, 0.1) is 28.1 Å². The molecule has 4 fully saturated rings. The molecule has 4 aliphatic carbocycles. The first-order chi connectivity index (χ1) is 18.8. The maximum atomic E-state index is 14.9. The summed E-state index contributed by atoms with van der Waals surface area (Å²) in [4.78, 5) is 53.2. The van der Waals surface area contributed by atoms with Crippen LogP contribution in [-0.4, -0.2) is 60.3 Å². The molecule has 1 saturated heterocycles. The minimum Gasteiger partial charge on any atom is -0.472 e. The number of furan rings is 1. The summed E-state index contributed by atoms with van der Waals surface area (Å²) >= 11 is 0. The first-order valence-electron chi connectivity index (χ1n) is 13.8. The van der Waals surface area contributed by atoms with Gasteiger partial charge in [0.05, 0.1) is 26.1 Å². The summed E-state index contributed by atoms with van der Waals surface area (Å²) in [6, 6.07) is 1.75. The van der Waals surface area contributed by atoms with Gasteiger partial charge in [0.1, 0.15) is 17.8 Å². The van der Waals surface area contributed by atoms with Gasteiger partial charge in [-0.05, 0) is 42.7 Å². The van der Waals surface area contributed by atoms with Crippen LogP contribution < -0.4 is 0 Å². The molecule has 0 radical (unpaired) electrons. The summed E-state index contributed by atoms with van der Waals surface area (Å²) in [6.07, 6.45) is 2.30. The van der Waals surface area contributed by atoms with Crippen molar-refractivity contribution < 1.29 is 47.6 Å². The van der Waals surface area contributed by atoms with Crippen LogP contribution in [0.4, 0.5) is 0 Å². The molecular weight excluding hydrogens is 520 g/mol. The third-order valence-electron chi connectivity index (χ3n) is 11.5. The summed E-state index contributed by atoms with van der Waals surface area (Å²) in [5.74, 6) is -3.00. The number of methoxy groups -OCH3 is 2.